The zero-order valence-corrected chi connectivity index (χ0v) is 13.7. The van der Waals surface area contributed by atoms with E-state index in [0.29, 0.717) is 10.9 Å². The van der Waals surface area contributed by atoms with Crippen LogP contribution in [0.2, 0.25) is 5.28 Å². The lowest BCUT2D eigenvalue weighted by molar-refractivity contribution is 0.223. The van der Waals surface area contributed by atoms with Crippen LogP contribution in [0.25, 0.3) is 0 Å². The lowest BCUT2D eigenvalue weighted by Gasteiger charge is -2.38. The Kier molecular flexibility index (Phi) is 5.49. The number of rotatable bonds is 5. The molecule has 0 aromatic carbocycles. The van der Waals surface area contributed by atoms with Gasteiger partial charge in [-0.2, -0.15) is 15.0 Å². The fourth-order valence-electron chi connectivity index (χ4n) is 2.43. The molecule has 1 aromatic rings. The minimum Gasteiger partial charge on any atom is -0.467 e. The van der Waals surface area contributed by atoms with E-state index in [2.05, 4.69) is 31.7 Å². The number of ether oxygens (including phenoxy) is 1. The number of piperazine rings is 1. The van der Waals surface area contributed by atoms with Crippen molar-refractivity contribution in [3.8, 4) is 6.01 Å². The lowest BCUT2D eigenvalue weighted by atomic mass is 10.1. The van der Waals surface area contributed by atoms with Crippen LogP contribution in [0.4, 0.5) is 5.95 Å². The van der Waals surface area contributed by atoms with Gasteiger partial charge in [0.1, 0.15) is 0 Å². The molecule has 21 heavy (non-hydrogen) atoms. The van der Waals surface area contributed by atoms with Gasteiger partial charge in [0.15, 0.2) is 0 Å². The first-order chi connectivity index (χ1) is 10.0. The van der Waals surface area contributed by atoms with Crippen LogP contribution in [0, 0.1) is 0 Å². The molecule has 1 aliphatic heterocycles. The molecule has 2 N–H and O–H groups in total. The van der Waals surface area contributed by atoms with Gasteiger partial charge >= 0.3 is 6.01 Å². The van der Waals surface area contributed by atoms with Crippen molar-refractivity contribution in [1.29, 1.82) is 0 Å². The molecule has 0 saturated carbocycles. The topological polar surface area (TPSA) is 80.4 Å². The Hall–Kier alpha value is -1.25. The van der Waals surface area contributed by atoms with E-state index in [4.69, 9.17) is 34.3 Å². The number of nitrogens with zero attached hydrogens (tertiary/aromatic N) is 5. The second-order valence-electron chi connectivity index (χ2n) is 4.74. The van der Waals surface area contributed by atoms with Gasteiger partial charge in [-0.3, -0.25) is 4.90 Å². The molecular formula is C12H19ClN6OS. The predicted molar refractivity (Wildman–Crippen MR) is 86.0 cm³/mol. The number of hydrogen-bond acceptors (Lipinski definition) is 7. The summed E-state index contributed by atoms with van der Waals surface area (Å²) >= 11 is 11.0. The van der Waals surface area contributed by atoms with E-state index in [1.165, 1.54) is 7.11 Å². The number of aromatic nitrogens is 3. The number of thiocarbonyl (C=S) groups is 1. The average molecular weight is 331 g/mol. The van der Waals surface area contributed by atoms with E-state index < -0.39 is 0 Å². The number of halogens is 1. The van der Waals surface area contributed by atoms with Crippen LogP contribution in [0.1, 0.15) is 13.3 Å². The third-order valence-corrected chi connectivity index (χ3v) is 3.95. The zero-order chi connectivity index (χ0) is 15.4. The lowest BCUT2D eigenvalue weighted by Crippen LogP contribution is -2.53. The van der Waals surface area contributed by atoms with Crippen molar-refractivity contribution >= 4 is 34.8 Å². The number of methoxy groups -OCH3 is 1. The van der Waals surface area contributed by atoms with E-state index in [9.17, 15) is 0 Å². The van der Waals surface area contributed by atoms with E-state index in [0.717, 1.165) is 32.6 Å². The molecule has 1 atom stereocenters. The van der Waals surface area contributed by atoms with Gasteiger partial charge < -0.3 is 15.4 Å². The number of nitrogens with two attached hydrogens (primary N) is 1. The molecule has 2 heterocycles. The van der Waals surface area contributed by atoms with Crippen molar-refractivity contribution in [2.24, 2.45) is 5.73 Å². The van der Waals surface area contributed by atoms with Crippen LogP contribution >= 0.6 is 23.8 Å². The fourth-order valence-corrected chi connectivity index (χ4v) is 2.89. The molecule has 1 unspecified atom stereocenters. The summed E-state index contributed by atoms with van der Waals surface area (Å²) in [5.41, 5.74) is 5.79. The van der Waals surface area contributed by atoms with Crippen molar-refractivity contribution in [3.63, 3.8) is 0 Å². The van der Waals surface area contributed by atoms with E-state index in [1.54, 1.807) is 0 Å². The highest BCUT2D eigenvalue weighted by molar-refractivity contribution is 7.80. The normalized spacial score (nSPS) is 17.6. The van der Waals surface area contributed by atoms with Crippen LogP contribution in [-0.2, 0) is 0 Å². The van der Waals surface area contributed by atoms with Gasteiger partial charge in [-0.1, -0.05) is 19.1 Å². The Morgan fingerprint density at radius 2 is 2.00 bits per heavy atom. The van der Waals surface area contributed by atoms with Gasteiger partial charge in [-0.05, 0) is 18.0 Å². The Morgan fingerprint density at radius 3 is 2.52 bits per heavy atom. The van der Waals surface area contributed by atoms with E-state index in [-0.39, 0.29) is 17.3 Å². The molecule has 1 aromatic heterocycles. The molecule has 0 aliphatic carbocycles. The quantitative estimate of drug-likeness (QED) is 0.791. The predicted octanol–water partition coefficient (Wildman–Crippen LogP) is 0.720. The summed E-state index contributed by atoms with van der Waals surface area (Å²) in [6, 6.07) is 0.376. The molecule has 9 heteroatoms. The largest absolute Gasteiger partial charge is 0.467 e. The minimum atomic E-state index is 0.133. The first-order valence-corrected chi connectivity index (χ1v) is 7.57. The molecule has 0 amide bonds. The van der Waals surface area contributed by atoms with Crippen molar-refractivity contribution in [1.82, 2.24) is 19.9 Å². The molecule has 1 saturated heterocycles. The molecule has 116 valence electrons. The minimum absolute atomic E-state index is 0.133. The van der Waals surface area contributed by atoms with Crippen molar-refractivity contribution in [3.05, 3.63) is 5.28 Å². The first-order valence-electron chi connectivity index (χ1n) is 6.79. The summed E-state index contributed by atoms with van der Waals surface area (Å²) < 4.78 is 5.02. The summed E-state index contributed by atoms with van der Waals surface area (Å²) in [6.07, 6.45) is 0.917. The van der Waals surface area contributed by atoms with Gasteiger partial charge in [0.25, 0.3) is 0 Å². The SMILES string of the molecule is CCC(C(N)=S)N1CCN(c2nc(Cl)nc(OC)n2)CC1. The molecule has 1 fully saturated rings. The molecule has 0 radical (unpaired) electrons. The second kappa shape index (κ2) is 7.15. The molecular weight excluding hydrogens is 312 g/mol. The van der Waals surface area contributed by atoms with Gasteiger partial charge in [0, 0.05) is 26.2 Å². The Balaban J connectivity index is 2.04. The van der Waals surface area contributed by atoms with Crippen LogP contribution in [0.3, 0.4) is 0 Å². The first kappa shape index (κ1) is 16.1. The zero-order valence-electron chi connectivity index (χ0n) is 12.1. The fraction of sp³-hybridized carbons (Fsp3) is 0.667. The van der Waals surface area contributed by atoms with E-state index in [1.807, 2.05) is 0 Å². The standard InChI is InChI=1S/C12H19ClN6OS/c1-3-8(9(14)21)18-4-6-19(7-5-18)11-15-10(13)16-12(17-11)20-2/h8H,3-7H2,1-2H3,(H2,14,21). The molecule has 7 nitrogen and oxygen atoms in total. The van der Waals surface area contributed by atoms with Gasteiger partial charge in [-0.25, -0.2) is 0 Å². The maximum atomic E-state index is 5.88. The Labute approximate surface area is 134 Å². The number of hydrogen-bond donors (Lipinski definition) is 1. The Morgan fingerprint density at radius 1 is 1.33 bits per heavy atom. The van der Waals surface area contributed by atoms with Crippen molar-refractivity contribution < 1.29 is 4.74 Å². The molecule has 0 spiro atoms. The van der Waals surface area contributed by atoms with Crippen LogP contribution in [0.15, 0.2) is 0 Å². The molecule has 1 aliphatic rings. The van der Waals surface area contributed by atoms with E-state index >= 15 is 0 Å². The maximum Gasteiger partial charge on any atom is 0.322 e. The summed E-state index contributed by atoms with van der Waals surface area (Å²) in [4.78, 5) is 17.2. The van der Waals surface area contributed by atoms with Gasteiger partial charge in [0.05, 0.1) is 18.1 Å². The third kappa shape index (κ3) is 3.90. The number of anilines is 1. The average Bonchev–Trinajstić information content (AvgIpc) is 2.47. The van der Waals surface area contributed by atoms with Crippen molar-refractivity contribution in [2.75, 3.05) is 38.2 Å². The highest BCUT2D eigenvalue weighted by atomic mass is 35.5. The summed E-state index contributed by atoms with van der Waals surface area (Å²) in [5, 5.41) is 0.133. The summed E-state index contributed by atoms with van der Waals surface area (Å²) in [7, 11) is 1.50. The molecule has 2 rings (SSSR count). The van der Waals surface area contributed by atoms with Crippen LogP contribution in [0.5, 0.6) is 6.01 Å². The third-order valence-electron chi connectivity index (χ3n) is 3.51. The summed E-state index contributed by atoms with van der Waals surface area (Å²) in [5.74, 6) is 0.537. The second-order valence-corrected chi connectivity index (χ2v) is 5.55. The monoisotopic (exact) mass is 330 g/mol. The van der Waals surface area contributed by atoms with Crippen molar-refractivity contribution in [2.45, 2.75) is 19.4 Å². The Bertz CT molecular complexity index is 509. The highest BCUT2D eigenvalue weighted by Crippen LogP contribution is 2.18. The maximum absolute atomic E-state index is 5.88. The van der Waals surface area contributed by atoms with Gasteiger partial charge in [0.2, 0.25) is 11.2 Å². The molecule has 0 bridgehead atoms. The van der Waals surface area contributed by atoms with Gasteiger partial charge in [-0.15, -0.1) is 0 Å². The summed E-state index contributed by atoms with van der Waals surface area (Å²) in [6.45, 7) is 5.35. The van der Waals surface area contributed by atoms with Crippen LogP contribution < -0.4 is 15.4 Å². The highest BCUT2D eigenvalue weighted by Gasteiger charge is 2.26. The van der Waals surface area contributed by atoms with Crippen LogP contribution in [-0.4, -0.2) is 64.2 Å². The smallest absolute Gasteiger partial charge is 0.322 e.